The Balaban J connectivity index is 1.56. The SMILES string of the molecule is COc1ccc(CNC(=O)C[C@@H]2C(=O)Nc3c2c(=O)n(C)c(=O)n3Cc2ccccc2)cc1OC. The number of carbonyl (C=O) groups is 2. The lowest BCUT2D eigenvalue weighted by atomic mass is 9.99. The molecule has 3 aromatic rings. The summed E-state index contributed by atoms with van der Waals surface area (Å²) in [6, 6.07) is 14.5. The lowest BCUT2D eigenvalue weighted by molar-refractivity contribution is -0.125. The van der Waals surface area contributed by atoms with Gasteiger partial charge in [-0.15, -0.1) is 0 Å². The molecule has 0 bridgehead atoms. The van der Waals surface area contributed by atoms with E-state index in [9.17, 15) is 19.2 Å². The molecule has 10 nitrogen and oxygen atoms in total. The maximum Gasteiger partial charge on any atom is 0.332 e. The van der Waals surface area contributed by atoms with Crippen LogP contribution < -0.4 is 31.4 Å². The number of nitrogens with one attached hydrogen (secondary N) is 2. The zero-order chi connectivity index (χ0) is 25.1. The second-order valence-electron chi connectivity index (χ2n) is 8.19. The van der Waals surface area contributed by atoms with Gasteiger partial charge in [0, 0.05) is 20.0 Å². The summed E-state index contributed by atoms with van der Waals surface area (Å²) >= 11 is 0. The number of hydrogen-bond acceptors (Lipinski definition) is 6. The molecule has 0 unspecified atom stereocenters. The molecule has 0 radical (unpaired) electrons. The van der Waals surface area contributed by atoms with Crippen LogP contribution in [0.1, 0.15) is 29.0 Å². The van der Waals surface area contributed by atoms with Gasteiger partial charge in [-0.2, -0.15) is 0 Å². The predicted octanol–water partition coefficient (Wildman–Crippen LogP) is 1.35. The second kappa shape index (κ2) is 9.88. The first-order valence-electron chi connectivity index (χ1n) is 11.0. The van der Waals surface area contributed by atoms with E-state index in [0.29, 0.717) is 11.5 Å². The maximum atomic E-state index is 12.9. The Morgan fingerprint density at radius 2 is 1.71 bits per heavy atom. The molecule has 1 aliphatic heterocycles. The molecule has 2 heterocycles. The molecule has 10 heteroatoms. The van der Waals surface area contributed by atoms with Crippen LogP contribution in [-0.2, 0) is 29.7 Å². The van der Waals surface area contributed by atoms with Crippen LogP contribution in [0.25, 0.3) is 0 Å². The minimum atomic E-state index is -1.00. The van der Waals surface area contributed by atoms with Crippen molar-refractivity contribution < 1.29 is 19.1 Å². The molecule has 0 saturated carbocycles. The van der Waals surface area contributed by atoms with Crippen LogP contribution in [-0.4, -0.2) is 35.2 Å². The highest BCUT2D eigenvalue weighted by atomic mass is 16.5. The first kappa shape index (κ1) is 23.8. The summed E-state index contributed by atoms with van der Waals surface area (Å²) in [6.07, 6.45) is -0.231. The average Bonchev–Trinajstić information content (AvgIpc) is 3.19. The highest BCUT2D eigenvalue weighted by Crippen LogP contribution is 2.32. The van der Waals surface area contributed by atoms with Crippen molar-refractivity contribution in [1.82, 2.24) is 14.5 Å². The zero-order valence-electron chi connectivity index (χ0n) is 19.7. The first-order chi connectivity index (χ1) is 16.8. The van der Waals surface area contributed by atoms with Crippen LogP contribution in [0.2, 0.25) is 0 Å². The Morgan fingerprint density at radius 1 is 1.00 bits per heavy atom. The fourth-order valence-electron chi connectivity index (χ4n) is 4.13. The quantitative estimate of drug-likeness (QED) is 0.504. The number of amides is 2. The zero-order valence-corrected chi connectivity index (χ0v) is 19.7. The highest BCUT2D eigenvalue weighted by Gasteiger charge is 2.38. The lowest BCUT2D eigenvalue weighted by Gasteiger charge is -2.14. The van der Waals surface area contributed by atoms with Crippen LogP contribution >= 0.6 is 0 Å². The van der Waals surface area contributed by atoms with Crippen LogP contribution in [0, 0.1) is 0 Å². The number of nitrogens with zero attached hydrogens (tertiary/aromatic N) is 2. The molecule has 1 aliphatic rings. The van der Waals surface area contributed by atoms with Crippen LogP contribution in [0.3, 0.4) is 0 Å². The van der Waals surface area contributed by atoms with E-state index in [1.54, 1.807) is 18.2 Å². The average molecular weight is 479 g/mol. The fourth-order valence-corrected chi connectivity index (χ4v) is 4.13. The van der Waals surface area contributed by atoms with Gasteiger partial charge in [-0.05, 0) is 23.3 Å². The molecule has 35 heavy (non-hydrogen) atoms. The van der Waals surface area contributed by atoms with E-state index >= 15 is 0 Å². The van der Waals surface area contributed by atoms with E-state index in [2.05, 4.69) is 10.6 Å². The van der Waals surface area contributed by atoms with Gasteiger partial charge in [0.1, 0.15) is 5.82 Å². The Morgan fingerprint density at radius 3 is 2.40 bits per heavy atom. The van der Waals surface area contributed by atoms with Crippen LogP contribution in [0.5, 0.6) is 11.5 Å². The van der Waals surface area contributed by atoms with Crippen LogP contribution in [0.4, 0.5) is 5.82 Å². The number of methoxy groups -OCH3 is 2. The van der Waals surface area contributed by atoms with Crippen molar-refractivity contribution in [3.63, 3.8) is 0 Å². The number of fused-ring (bicyclic) bond motifs is 1. The van der Waals surface area contributed by atoms with Gasteiger partial charge in [0.15, 0.2) is 11.5 Å². The topological polar surface area (TPSA) is 121 Å². The summed E-state index contributed by atoms with van der Waals surface area (Å²) in [6.45, 7) is 0.376. The lowest BCUT2D eigenvalue weighted by Crippen LogP contribution is -2.40. The Hall–Kier alpha value is -4.34. The number of hydrogen-bond donors (Lipinski definition) is 2. The second-order valence-corrected chi connectivity index (χ2v) is 8.19. The summed E-state index contributed by atoms with van der Waals surface area (Å²) in [4.78, 5) is 51.3. The van der Waals surface area contributed by atoms with Crippen molar-refractivity contribution >= 4 is 17.6 Å². The molecule has 182 valence electrons. The van der Waals surface area contributed by atoms with Crippen molar-refractivity contribution in [1.29, 1.82) is 0 Å². The Kier molecular flexibility index (Phi) is 6.72. The van der Waals surface area contributed by atoms with Crippen molar-refractivity contribution in [2.75, 3.05) is 19.5 Å². The molecular weight excluding hydrogens is 452 g/mol. The summed E-state index contributed by atoms with van der Waals surface area (Å²) < 4.78 is 12.8. The molecular formula is C25H26N4O6. The molecule has 0 spiro atoms. The predicted molar refractivity (Wildman–Crippen MR) is 129 cm³/mol. The largest absolute Gasteiger partial charge is 0.493 e. The molecule has 1 atom stereocenters. The van der Waals surface area contributed by atoms with Gasteiger partial charge in [-0.1, -0.05) is 36.4 Å². The van der Waals surface area contributed by atoms with Gasteiger partial charge < -0.3 is 20.1 Å². The molecule has 0 saturated heterocycles. The molecule has 0 fully saturated rings. The van der Waals surface area contributed by atoms with Crippen molar-refractivity contribution in [2.24, 2.45) is 7.05 Å². The standard InChI is InChI=1S/C25H26N4O6/c1-28-24(32)21-17(12-20(30)26-13-16-9-10-18(34-2)19(11-16)35-3)23(31)27-22(21)29(25(28)33)14-15-7-5-4-6-8-15/h4-11,17H,12-14H2,1-3H3,(H,26,30)(H,27,31)/t17-/m0/s1. The summed E-state index contributed by atoms with van der Waals surface area (Å²) in [5, 5.41) is 5.43. The first-order valence-corrected chi connectivity index (χ1v) is 11.0. The van der Waals surface area contributed by atoms with Crippen molar-refractivity contribution in [3.8, 4) is 11.5 Å². The van der Waals surface area contributed by atoms with Gasteiger partial charge in [-0.3, -0.25) is 23.5 Å². The van der Waals surface area contributed by atoms with Gasteiger partial charge in [-0.25, -0.2) is 4.79 Å². The third-order valence-corrected chi connectivity index (χ3v) is 6.00. The monoisotopic (exact) mass is 478 g/mol. The van der Waals surface area contributed by atoms with Crippen molar-refractivity contribution in [2.45, 2.75) is 25.4 Å². The Labute approximate surface area is 201 Å². The van der Waals surface area contributed by atoms with E-state index in [1.165, 1.54) is 25.8 Å². The van der Waals surface area contributed by atoms with Gasteiger partial charge >= 0.3 is 5.69 Å². The molecule has 2 aromatic carbocycles. The molecule has 0 aliphatic carbocycles. The number of anilines is 1. The third kappa shape index (κ3) is 4.68. The van der Waals surface area contributed by atoms with E-state index in [4.69, 9.17) is 9.47 Å². The number of aromatic nitrogens is 2. The molecule has 2 amide bonds. The minimum Gasteiger partial charge on any atom is -0.493 e. The van der Waals surface area contributed by atoms with E-state index < -0.39 is 29.0 Å². The summed E-state index contributed by atoms with van der Waals surface area (Å²) in [5.41, 5.74) is 0.594. The Bertz CT molecular complexity index is 1390. The smallest absolute Gasteiger partial charge is 0.332 e. The van der Waals surface area contributed by atoms with E-state index in [1.807, 2.05) is 30.3 Å². The maximum absolute atomic E-state index is 12.9. The summed E-state index contributed by atoms with van der Waals surface area (Å²) in [5.74, 6) is -0.662. The number of carbonyl (C=O) groups excluding carboxylic acids is 2. The van der Waals surface area contributed by atoms with Gasteiger partial charge in [0.25, 0.3) is 5.56 Å². The fraction of sp³-hybridized carbons (Fsp3) is 0.280. The molecule has 4 rings (SSSR count). The number of ether oxygens (including phenoxy) is 2. The summed E-state index contributed by atoms with van der Waals surface area (Å²) in [7, 11) is 4.42. The molecule has 1 aromatic heterocycles. The van der Waals surface area contributed by atoms with Gasteiger partial charge in [0.05, 0.1) is 32.2 Å². The van der Waals surface area contributed by atoms with E-state index in [0.717, 1.165) is 15.7 Å². The third-order valence-electron chi connectivity index (χ3n) is 6.00. The van der Waals surface area contributed by atoms with E-state index in [-0.39, 0.29) is 30.9 Å². The number of rotatable bonds is 8. The number of benzene rings is 2. The molecule has 2 N–H and O–H groups in total. The van der Waals surface area contributed by atoms with Crippen LogP contribution in [0.15, 0.2) is 58.1 Å². The minimum absolute atomic E-state index is 0.120. The van der Waals surface area contributed by atoms with Gasteiger partial charge in [0.2, 0.25) is 11.8 Å². The highest BCUT2D eigenvalue weighted by molar-refractivity contribution is 6.04. The normalized spacial score (nSPS) is 14.3. The van der Waals surface area contributed by atoms with Crippen molar-refractivity contribution in [3.05, 3.63) is 86.1 Å².